The van der Waals surface area contributed by atoms with Crippen LogP contribution in [-0.2, 0) is 17.9 Å². The lowest BCUT2D eigenvalue weighted by Crippen LogP contribution is -2.46. The van der Waals surface area contributed by atoms with Crippen LogP contribution >= 0.6 is 11.3 Å². The average Bonchev–Trinajstić information content (AvgIpc) is 3.59. The molecule has 2 N–H and O–H groups in total. The van der Waals surface area contributed by atoms with Crippen LogP contribution in [0.25, 0.3) is 21.6 Å². The first-order valence-corrected chi connectivity index (χ1v) is 13.4. The number of nitrogens with one attached hydrogen (secondary N) is 2. The first kappa shape index (κ1) is 25.9. The Bertz CT molecular complexity index is 1250. The lowest BCUT2D eigenvalue weighted by molar-refractivity contribution is -0.139. The summed E-state index contributed by atoms with van der Waals surface area (Å²) in [5.74, 6) is -0.00247. The van der Waals surface area contributed by atoms with Crippen LogP contribution < -0.4 is 10.6 Å². The van der Waals surface area contributed by atoms with Crippen molar-refractivity contribution in [1.29, 1.82) is 0 Å². The van der Waals surface area contributed by atoms with Crippen molar-refractivity contribution >= 4 is 33.8 Å². The predicted molar refractivity (Wildman–Crippen MR) is 135 cm³/mol. The zero-order valence-electron chi connectivity index (χ0n) is 20.5. The molecule has 2 aromatic heterocycles. The van der Waals surface area contributed by atoms with Crippen molar-refractivity contribution < 1.29 is 22.4 Å². The van der Waals surface area contributed by atoms with Crippen molar-refractivity contribution in [2.45, 2.75) is 63.6 Å². The molecule has 3 heterocycles. The van der Waals surface area contributed by atoms with Crippen LogP contribution in [0.2, 0.25) is 0 Å². The molecule has 5 rings (SSSR count). The molecule has 37 heavy (non-hydrogen) atoms. The number of halogens is 4. The number of benzene rings is 1. The molecule has 1 amide bonds. The van der Waals surface area contributed by atoms with Gasteiger partial charge in [0, 0.05) is 30.1 Å². The Kier molecular flexibility index (Phi) is 7.39. The summed E-state index contributed by atoms with van der Waals surface area (Å²) in [5, 5.41) is 15.8. The van der Waals surface area contributed by atoms with E-state index in [0.717, 1.165) is 43.6 Å². The van der Waals surface area contributed by atoms with Gasteiger partial charge < -0.3 is 20.1 Å². The molecular weight excluding hydrogens is 508 g/mol. The summed E-state index contributed by atoms with van der Waals surface area (Å²) in [6, 6.07) is 6.30. The molecule has 3 aromatic rings. The van der Waals surface area contributed by atoms with E-state index in [1.807, 2.05) is 11.9 Å². The minimum atomic E-state index is -4.45. The summed E-state index contributed by atoms with van der Waals surface area (Å²) in [5.41, 5.74) is 1.25. The van der Waals surface area contributed by atoms with E-state index in [-0.39, 0.29) is 24.1 Å². The van der Waals surface area contributed by atoms with E-state index < -0.39 is 24.9 Å². The van der Waals surface area contributed by atoms with Crippen molar-refractivity contribution in [3.63, 3.8) is 0 Å². The van der Waals surface area contributed by atoms with Crippen LogP contribution in [0.3, 0.4) is 0 Å². The van der Waals surface area contributed by atoms with Gasteiger partial charge in [-0.1, -0.05) is 30.2 Å². The zero-order chi connectivity index (χ0) is 26.2. The fourth-order valence-electron chi connectivity index (χ4n) is 5.28. The predicted octanol–water partition coefficient (Wildman–Crippen LogP) is 4.98. The zero-order valence-corrected chi connectivity index (χ0v) is 21.3. The van der Waals surface area contributed by atoms with Gasteiger partial charge in [-0.15, -0.1) is 10.2 Å². The number of amides is 1. The second-order valence-corrected chi connectivity index (χ2v) is 11.0. The number of carbonyl (C=O) groups excluding carboxylic acids is 1. The highest BCUT2D eigenvalue weighted by Gasteiger charge is 2.32. The number of hydrogen-bond donors (Lipinski definition) is 2. The fraction of sp³-hybridized carbons (Fsp3) is 0.560. The highest BCUT2D eigenvalue weighted by atomic mass is 32.1. The van der Waals surface area contributed by atoms with Crippen LogP contribution in [0.4, 0.5) is 23.2 Å². The van der Waals surface area contributed by atoms with Gasteiger partial charge >= 0.3 is 6.18 Å². The summed E-state index contributed by atoms with van der Waals surface area (Å²) in [6.07, 6.45) is -1.10. The lowest BCUT2D eigenvalue weighted by atomic mass is 10.0. The minimum Gasteiger partial charge on any atom is -0.379 e. The maximum Gasteiger partial charge on any atom is 0.406 e. The molecule has 1 saturated carbocycles. The standard InChI is InChI=1S/C25H30F4N6OS/c1-34-10-9-19(17(26)13-34)31-18-7-4-8-20-16(18)11-21(35(20)14-25(27,28)29)24-33-32-22(37-24)12-30-23(36)15-5-2-3-6-15/h4,7-8,11,15,17,19,31H,2-3,5-6,9-10,12-14H2,1H3,(H,30,36)/t17-,19?/m1/s1. The third-order valence-electron chi connectivity index (χ3n) is 7.19. The highest BCUT2D eigenvalue weighted by molar-refractivity contribution is 7.14. The van der Waals surface area contributed by atoms with Crippen LogP contribution in [0.1, 0.15) is 37.1 Å². The number of piperidine rings is 1. The van der Waals surface area contributed by atoms with E-state index in [9.17, 15) is 22.4 Å². The van der Waals surface area contributed by atoms with Gasteiger partial charge in [-0.05, 0) is 44.5 Å². The van der Waals surface area contributed by atoms with Crippen molar-refractivity contribution in [3.05, 3.63) is 29.3 Å². The Hall–Kier alpha value is -2.73. The Morgan fingerprint density at radius 1 is 1.19 bits per heavy atom. The lowest BCUT2D eigenvalue weighted by Gasteiger charge is -2.33. The number of hydrogen-bond acceptors (Lipinski definition) is 6. The van der Waals surface area contributed by atoms with Crippen LogP contribution in [0.15, 0.2) is 24.3 Å². The largest absolute Gasteiger partial charge is 0.406 e. The van der Waals surface area contributed by atoms with Gasteiger partial charge in [-0.25, -0.2) is 4.39 Å². The molecule has 1 saturated heterocycles. The maximum absolute atomic E-state index is 14.7. The monoisotopic (exact) mass is 538 g/mol. The van der Waals surface area contributed by atoms with E-state index >= 15 is 0 Å². The fourth-order valence-corrected chi connectivity index (χ4v) is 6.08. The normalized spacial score (nSPS) is 21.5. The van der Waals surface area contributed by atoms with E-state index in [0.29, 0.717) is 39.6 Å². The number of aromatic nitrogens is 3. The molecular formula is C25H30F4N6OS. The van der Waals surface area contributed by atoms with Gasteiger partial charge in [0.2, 0.25) is 5.91 Å². The van der Waals surface area contributed by atoms with Crippen molar-refractivity contribution in [2.75, 3.05) is 25.5 Å². The molecule has 0 radical (unpaired) electrons. The SMILES string of the molecule is CN1CCC(Nc2cccc3c2cc(-c2nnc(CNC(=O)C4CCCC4)s2)n3CC(F)(F)F)[C@H](F)C1. The van der Waals surface area contributed by atoms with E-state index in [4.69, 9.17) is 0 Å². The Morgan fingerprint density at radius 3 is 2.70 bits per heavy atom. The molecule has 2 atom stereocenters. The first-order valence-electron chi connectivity index (χ1n) is 12.6. The smallest absolute Gasteiger partial charge is 0.379 e. The highest BCUT2D eigenvalue weighted by Crippen LogP contribution is 2.37. The van der Waals surface area contributed by atoms with E-state index in [2.05, 4.69) is 20.8 Å². The maximum atomic E-state index is 14.7. The third kappa shape index (κ3) is 5.90. The first-order chi connectivity index (χ1) is 17.7. The number of alkyl halides is 4. The molecule has 2 fully saturated rings. The average molecular weight is 539 g/mol. The summed E-state index contributed by atoms with van der Waals surface area (Å²) >= 11 is 1.16. The Balaban J connectivity index is 1.43. The van der Waals surface area contributed by atoms with Crippen LogP contribution in [-0.4, -0.2) is 64.1 Å². The van der Waals surface area contributed by atoms with Gasteiger partial charge in [0.15, 0.2) is 5.01 Å². The number of likely N-dealkylation sites (tertiary alicyclic amines) is 1. The molecule has 2 aliphatic rings. The number of rotatable bonds is 7. The van der Waals surface area contributed by atoms with Gasteiger partial charge in [0.1, 0.15) is 17.7 Å². The summed E-state index contributed by atoms with van der Waals surface area (Å²) in [6.45, 7) is 0.0357. The van der Waals surface area contributed by atoms with Gasteiger partial charge in [-0.2, -0.15) is 13.2 Å². The molecule has 12 heteroatoms. The molecule has 1 unspecified atom stereocenters. The molecule has 200 valence electrons. The van der Waals surface area contributed by atoms with Gasteiger partial charge in [-0.3, -0.25) is 4.79 Å². The van der Waals surface area contributed by atoms with Gasteiger partial charge in [0.25, 0.3) is 0 Å². The molecule has 1 aliphatic heterocycles. The number of anilines is 1. The van der Waals surface area contributed by atoms with E-state index in [1.165, 1.54) is 4.57 Å². The molecule has 0 bridgehead atoms. The quantitative estimate of drug-likeness (QED) is 0.415. The van der Waals surface area contributed by atoms with Crippen molar-refractivity contribution in [3.8, 4) is 10.7 Å². The van der Waals surface area contributed by atoms with Crippen molar-refractivity contribution in [2.24, 2.45) is 5.92 Å². The second kappa shape index (κ2) is 10.6. The minimum absolute atomic E-state index is 0.0149. The van der Waals surface area contributed by atoms with Gasteiger partial charge in [0.05, 0.1) is 23.8 Å². The molecule has 1 aliphatic carbocycles. The second-order valence-electron chi connectivity index (χ2n) is 9.99. The Morgan fingerprint density at radius 2 is 1.97 bits per heavy atom. The third-order valence-corrected chi connectivity index (χ3v) is 8.14. The summed E-state index contributed by atoms with van der Waals surface area (Å²) in [7, 11) is 1.86. The summed E-state index contributed by atoms with van der Waals surface area (Å²) < 4.78 is 56.7. The Labute approximate surface area is 216 Å². The summed E-state index contributed by atoms with van der Waals surface area (Å²) in [4.78, 5) is 14.3. The van der Waals surface area contributed by atoms with Crippen LogP contribution in [0, 0.1) is 5.92 Å². The van der Waals surface area contributed by atoms with E-state index in [1.54, 1.807) is 24.3 Å². The van der Waals surface area contributed by atoms with Crippen molar-refractivity contribution in [1.82, 2.24) is 25.0 Å². The number of carbonyl (C=O) groups is 1. The van der Waals surface area contributed by atoms with Crippen LogP contribution in [0.5, 0.6) is 0 Å². The molecule has 1 aromatic carbocycles. The molecule has 7 nitrogen and oxygen atoms in total. The molecule has 0 spiro atoms. The number of nitrogens with zero attached hydrogens (tertiary/aromatic N) is 4. The topological polar surface area (TPSA) is 75.1 Å². The number of fused-ring (bicyclic) bond motifs is 1.